The molecule has 1 atom stereocenters. The lowest BCUT2D eigenvalue weighted by Crippen LogP contribution is -2.47. The van der Waals surface area contributed by atoms with Gasteiger partial charge in [-0.15, -0.1) is 0 Å². The molecule has 5 nitrogen and oxygen atoms in total. The van der Waals surface area contributed by atoms with E-state index in [-0.39, 0.29) is 6.04 Å². The highest BCUT2D eigenvalue weighted by atomic mass is 32.2. The van der Waals surface area contributed by atoms with Crippen LogP contribution in [0.25, 0.3) is 0 Å². The minimum absolute atomic E-state index is 0.285. The number of nitrogens with two attached hydrogens (primary N) is 1. The molecule has 0 aliphatic carbocycles. The van der Waals surface area contributed by atoms with Gasteiger partial charge in [-0.2, -0.15) is 4.31 Å². The molecule has 1 aromatic carbocycles. The molecule has 0 amide bonds. The Morgan fingerprint density at radius 1 is 1.38 bits per heavy atom. The summed E-state index contributed by atoms with van der Waals surface area (Å²) < 4.78 is 27.2. The summed E-state index contributed by atoms with van der Waals surface area (Å²) in [5.74, 6) is 0. The fraction of sp³-hybridized carbons (Fsp3) is 0.600. The summed E-state index contributed by atoms with van der Waals surface area (Å²) >= 11 is 0. The van der Waals surface area contributed by atoms with Crippen LogP contribution in [0, 0.1) is 6.92 Å². The van der Waals surface area contributed by atoms with Crippen LogP contribution >= 0.6 is 0 Å². The lowest BCUT2D eigenvalue weighted by Gasteiger charge is -2.35. The van der Waals surface area contributed by atoms with E-state index in [0.29, 0.717) is 24.5 Å². The number of piperidine rings is 1. The first-order valence-electron chi connectivity index (χ1n) is 7.32. The molecule has 118 valence electrons. The third kappa shape index (κ3) is 3.45. The van der Waals surface area contributed by atoms with Crippen LogP contribution in [0.5, 0.6) is 0 Å². The van der Waals surface area contributed by atoms with Gasteiger partial charge in [0.1, 0.15) is 0 Å². The molecular weight excluding hydrogens is 286 g/mol. The maximum absolute atomic E-state index is 12.8. The molecule has 1 fully saturated rings. The predicted molar refractivity (Wildman–Crippen MR) is 84.5 cm³/mol. The third-order valence-electron chi connectivity index (χ3n) is 4.27. The first-order chi connectivity index (χ1) is 9.86. The smallest absolute Gasteiger partial charge is 0.243 e. The van der Waals surface area contributed by atoms with Crippen LogP contribution in [0.15, 0.2) is 23.1 Å². The van der Waals surface area contributed by atoms with Gasteiger partial charge in [-0.3, -0.25) is 0 Å². The molecule has 1 aliphatic rings. The second kappa shape index (κ2) is 6.44. The van der Waals surface area contributed by atoms with Crippen molar-refractivity contribution in [2.45, 2.75) is 37.2 Å². The maximum atomic E-state index is 12.8. The molecule has 1 aliphatic heterocycles. The molecule has 6 heteroatoms. The highest BCUT2D eigenvalue weighted by Gasteiger charge is 2.31. The molecule has 1 aromatic rings. The first kappa shape index (κ1) is 16.4. The van der Waals surface area contributed by atoms with Gasteiger partial charge in [0.25, 0.3) is 0 Å². The van der Waals surface area contributed by atoms with E-state index in [1.54, 1.807) is 16.4 Å². The standard InChI is InChI=1S/C15H25N3O2S/c1-12-6-7-15(9-13(12)10-16)21(19,20)18-8-4-5-14(11-18)17(2)3/h6-7,9,14H,4-5,8,10-11,16H2,1-3H3. The van der Waals surface area contributed by atoms with Gasteiger partial charge in [-0.05, 0) is 57.1 Å². The summed E-state index contributed by atoms with van der Waals surface area (Å²) in [5, 5.41) is 0. The Morgan fingerprint density at radius 3 is 2.71 bits per heavy atom. The van der Waals surface area contributed by atoms with E-state index >= 15 is 0 Å². The molecule has 1 saturated heterocycles. The lowest BCUT2D eigenvalue weighted by atomic mass is 10.1. The van der Waals surface area contributed by atoms with Gasteiger partial charge in [-0.1, -0.05) is 6.07 Å². The van der Waals surface area contributed by atoms with Crippen molar-refractivity contribution in [3.8, 4) is 0 Å². The van der Waals surface area contributed by atoms with Crippen LogP contribution in [0.2, 0.25) is 0 Å². The molecule has 0 saturated carbocycles. The monoisotopic (exact) mass is 311 g/mol. The van der Waals surface area contributed by atoms with Crippen LogP contribution in [0.3, 0.4) is 0 Å². The van der Waals surface area contributed by atoms with E-state index in [1.165, 1.54) is 0 Å². The van der Waals surface area contributed by atoms with Crippen LogP contribution in [-0.2, 0) is 16.6 Å². The minimum atomic E-state index is -3.43. The van der Waals surface area contributed by atoms with Crippen molar-refractivity contribution >= 4 is 10.0 Å². The number of benzene rings is 1. The predicted octanol–water partition coefficient (Wildman–Crippen LogP) is 1.17. The summed E-state index contributed by atoms with van der Waals surface area (Å²) in [7, 11) is 0.572. The zero-order valence-electron chi connectivity index (χ0n) is 13.0. The van der Waals surface area contributed by atoms with Crippen LogP contribution in [0.4, 0.5) is 0 Å². The van der Waals surface area contributed by atoms with E-state index in [2.05, 4.69) is 4.90 Å². The fourth-order valence-corrected chi connectivity index (χ4v) is 4.31. The van der Waals surface area contributed by atoms with Crippen LogP contribution in [-0.4, -0.2) is 50.8 Å². The number of hydrogen-bond donors (Lipinski definition) is 1. The summed E-state index contributed by atoms with van der Waals surface area (Å²) in [6, 6.07) is 5.52. The maximum Gasteiger partial charge on any atom is 0.243 e. The average molecular weight is 311 g/mol. The fourth-order valence-electron chi connectivity index (χ4n) is 2.74. The lowest BCUT2D eigenvalue weighted by molar-refractivity contribution is 0.190. The SMILES string of the molecule is Cc1ccc(S(=O)(=O)N2CCCC(N(C)C)C2)cc1CN. The Kier molecular flexibility index (Phi) is 5.03. The number of rotatable bonds is 4. The van der Waals surface area contributed by atoms with E-state index in [1.807, 2.05) is 27.1 Å². The Bertz CT molecular complexity index is 599. The summed E-state index contributed by atoms with van der Waals surface area (Å²) in [6.45, 7) is 3.46. The molecule has 0 bridgehead atoms. The molecule has 1 heterocycles. The molecule has 21 heavy (non-hydrogen) atoms. The van der Waals surface area contributed by atoms with Crippen molar-refractivity contribution in [2.24, 2.45) is 5.73 Å². The van der Waals surface area contributed by atoms with Crippen LogP contribution < -0.4 is 5.73 Å². The molecule has 2 rings (SSSR count). The Morgan fingerprint density at radius 2 is 2.10 bits per heavy atom. The van der Waals surface area contributed by atoms with Crippen molar-refractivity contribution in [1.82, 2.24) is 9.21 Å². The van der Waals surface area contributed by atoms with Gasteiger partial charge in [-0.25, -0.2) is 8.42 Å². The molecule has 0 radical (unpaired) electrons. The molecular formula is C15H25N3O2S. The number of nitrogens with zero attached hydrogens (tertiary/aromatic N) is 2. The Balaban J connectivity index is 2.29. The molecule has 0 spiro atoms. The highest BCUT2D eigenvalue weighted by Crippen LogP contribution is 2.24. The van der Waals surface area contributed by atoms with Gasteiger partial charge in [0.15, 0.2) is 0 Å². The number of aryl methyl sites for hydroxylation is 1. The topological polar surface area (TPSA) is 66.6 Å². The van der Waals surface area contributed by atoms with Gasteiger partial charge in [0, 0.05) is 25.7 Å². The zero-order chi connectivity index (χ0) is 15.6. The first-order valence-corrected chi connectivity index (χ1v) is 8.76. The summed E-state index contributed by atoms with van der Waals surface area (Å²) in [5.41, 5.74) is 7.60. The van der Waals surface area contributed by atoms with E-state index in [0.717, 1.165) is 24.0 Å². The molecule has 0 aromatic heterocycles. The van der Waals surface area contributed by atoms with Crippen LogP contribution in [0.1, 0.15) is 24.0 Å². The average Bonchev–Trinajstić information content (AvgIpc) is 2.47. The second-order valence-corrected chi connectivity index (χ2v) is 7.85. The van der Waals surface area contributed by atoms with Gasteiger partial charge in [0.2, 0.25) is 10.0 Å². The zero-order valence-corrected chi connectivity index (χ0v) is 13.9. The van der Waals surface area contributed by atoms with Crippen molar-refractivity contribution in [3.05, 3.63) is 29.3 Å². The minimum Gasteiger partial charge on any atom is -0.326 e. The normalized spacial score (nSPS) is 20.9. The highest BCUT2D eigenvalue weighted by molar-refractivity contribution is 7.89. The third-order valence-corrected chi connectivity index (χ3v) is 6.13. The Hall–Kier alpha value is -0.950. The van der Waals surface area contributed by atoms with Crippen molar-refractivity contribution in [2.75, 3.05) is 27.2 Å². The number of hydrogen-bond acceptors (Lipinski definition) is 4. The molecule has 1 unspecified atom stereocenters. The van der Waals surface area contributed by atoms with E-state index in [4.69, 9.17) is 5.73 Å². The Labute approximate surface area is 127 Å². The number of likely N-dealkylation sites (N-methyl/N-ethyl adjacent to an activating group) is 1. The van der Waals surface area contributed by atoms with Crippen molar-refractivity contribution in [1.29, 1.82) is 0 Å². The van der Waals surface area contributed by atoms with Gasteiger partial charge in [0.05, 0.1) is 4.90 Å². The van der Waals surface area contributed by atoms with E-state index in [9.17, 15) is 8.42 Å². The number of sulfonamides is 1. The second-order valence-electron chi connectivity index (χ2n) is 5.92. The van der Waals surface area contributed by atoms with Gasteiger partial charge >= 0.3 is 0 Å². The summed E-state index contributed by atoms with van der Waals surface area (Å²) in [4.78, 5) is 2.45. The van der Waals surface area contributed by atoms with E-state index < -0.39 is 10.0 Å². The molecule has 2 N–H and O–H groups in total. The van der Waals surface area contributed by atoms with Gasteiger partial charge < -0.3 is 10.6 Å². The summed E-state index contributed by atoms with van der Waals surface area (Å²) in [6.07, 6.45) is 1.94. The van der Waals surface area contributed by atoms with Crippen molar-refractivity contribution < 1.29 is 8.42 Å². The van der Waals surface area contributed by atoms with Crippen molar-refractivity contribution in [3.63, 3.8) is 0 Å². The quantitative estimate of drug-likeness (QED) is 0.906. The largest absolute Gasteiger partial charge is 0.326 e.